The quantitative estimate of drug-likeness (QED) is 0.454. The van der Waals surface area contributed by atoms with Crippen molar-refractivity contribution in [2.75, 3.05) is 19.4 Å². The Morgan fingerprint density at radius 1 is 1.06 bits per heavy atom. The lowest BCUT2D eigenvalue weighted by molar-refractivity contribution is -0.00306. The number of rotatable bonds is 8. The van der Waals surface area contributed by atoms with Crippen LogP contribution in [-0.2, 0) is 11.3 Å². The Balaban J connectivity index is 0.00000228. The summed E-state index contributed by atoms with van der Waals surface area (Å²) in [5.41, 5.74) is 5.15. The van der Waals surface area contributed by atoms with Gasteiger partial charge in [-0.05, 0) is 30.5 Å². The minimum absolute atomic E-state index is 0. The predicted molar refractivity (Wildman–Crippen MR) is 140 cm³/mol. The van der Waals surface area contributed by atoms with Crippen LogP contribution in [0.5, 0.6) is 5.75 Å². The Kier molecular flexibility index (Phi) is 7.08. The van der Waals surface area contributed by atoms with Crippen LogP contribution in [-0.4, -0.2) is 42.2 Å². The number of nitrogens with zero attached hydrogens (tertiary/aromatic N) is 1. The fraction of sp³-hybridized carbons (Fsp3) is 0.321. The van der Waals surface area contributed by atoms with Gasteiger partial charge in [-0.15, -0.1) is 0 Å². The Labute approximate surface area is 204 Å². The lowest BCUT2D eigenvalue weighted by Gasteiger charge is -2.38. The van der Waals surface area contributed by atoms with Gasteiger partial charge in [-0.1, -0.05) is 62.4 Å². The molecule has 0 heterocycles. The molecule has 6 nitrogen and oxygen atoms in total. The first-order valence-corrected chi connectivity index (χ1v) is 11.7. The molecule has 0 aliphatic heterocycles. The van der Waals surface area contributed by atoms with Gasteiger partial charge in [0.1, 0.15) is 0 Å². The number of benzene rings is 2. The number of para-hydroxylation sites is 1. The number of allylic oxidation sites excluding steroid dienone is 2. The molecular weight excluding hydrogens is 426 g/mol. The number of nitrogens with one attached hydrogen (secondary N) is 2. The van der Waals surface area contributed by atoms with Crippen LogP contribution >= 0.6 is 0 Å². The maximum Gasteiger partial charge on any atom is 0.257 e. The number of carbonyl (C=O) groups excluding carboxylic acids is 1. The number of hydrogen-bond donors (Lipinski definition) is 3. The third-order valence-electron chi connectivity index (χ3n) is 6.49. The zero-order chi connectivity index (χ0) is 24.2. The number of ether oxygens (including phenoxy) is 1. The van der Waals surface area contributed by atoms with Crippen LogP contribution in [0.1, 0.15) is 44.5 Å². The smallest absolute Gasteiger partial charge is 0.257 e. The van der Waals surface area contributed by atoms with Crippen molar-refractivity contribution >= 4 is 11.6 Å². The summed E-state index contributed by atoms with van der Waals surface area (Å²) in [4.78, 5) is 13.8. The highest BCUT2D eigenvalue weighted by molar-refractivity contribution is 5.98. The molecule has 0 spiro atoms. The van der Waals surface area contributed by atoms with Crippen LogP contribution in [0.15, 0.2) is 84.2 Å². The van der Waals surface area contributed by atoms with Gasteiger partial charge in [0, 0.05) is 28.1 Å². The molecule has 1 amide bonds. The molecule has 4 rings (SSSR count). The van der Waals surface area contributed by atoms with E-state index in [0.29, 0.717) is 12.3 Å². The highest BCUT2D eigenvalue weighted by atomic mass is 16.5. The summed E-state index contributed by atoms with van der Waals surface area (Å²) in [6.45, 7) is 8.88. The first-order chi connectivity index (χ1) is 16.4. The molecule has 0 unspecified atom stereocenters. The van der Waals surface area contributed by atoms with E-state index in [9.17, 15) is 9.90 Å². The van der Waals surface area contributed by atoms with Crippen LogP contribution in [0.2, 0.25) is 0 Å². The number of aromatic hydroxyl groups is 1. The van der Waals surface area contributed by atoms with Gasteiger partial charge in [0.05, 0.1) is 41.4 Å². The highest BCUT2D eigenvalue weighted by Gasteiger charge is 2.33. The van der Waals surface area contributed by atoms with Crippen LogP contribution in [0.25, 0.3) is 0 Å². The molecule has 0 radical (unpaired) electrons. The van der Waals surface area contributed by atoms with Crippen LogP contribution in [0, 0.1) is 0 Å². The van der Waals surface area contributed by atoms with Crippen molar-refractivity contribution in [3.8, 4) is 5.75 Å². The van der Waals surface area contributed by atoms with Crippen molar-refractivity contribution in [1.29, 1.82) is 0 Å². The minimum Gasteiger partial charge on any atom is -0.505 e. The van der Waals surface area contributed by atoms with E-state index >= 15 is 0 Å². The van der Waals surface area contributed by atoms with E-state index in [-0.39, 0.29) is 32.2 Å². The minimum atomic E-state index is -0.258. The van der Waals surface area contributed by atoms with E-state index in [0.717, 1.165) is 53.8 Å². The molecule has 182 valence electrons. The lowest BCUT2D eigenvalue weighted by atomic mass is 9.86. The number of carbonyl (C=O) groups is 1. The van der Waals surface area contributed by atoms with Gasteiger partial charge in [-0.2, -0.15) is 0 Å². The van der Waals surface area contributed by atoms with Gasteiger partial charge in [-0.3, -0.25) is 4.79 Å². The first-order valence-electron chi connectivity index (χ1n) is 11.7. The number of hydrogen-bond acceptors (Lipinski definition) is 5. The molecule has 2 atom stereocenters. The van der Waals surface area contributed by atoms with Crippen molar-refractivity contribution in [2.24, 2.45) is 0 Å². The van der Waals surface area contributed by atoms with Gasteiger partial charge in [-0.25, -0.2) is 0 Å². The standard InChI is InChI=1S/C28H33N3O3.2H2/c1-18-19(2)26(30-23-15-10-13-21(27(23)32)28(33)31(3)4)25(18)29-22-14-8-9-16-24(22)34-17-20-11-6-5-7-12-20;;/h5-7,10-13,15,22,24,29-30,32H,1-2,8-9,14,16-17H2,3-4H3;2*1H/t22-,24-;;/m1../s1. The Morgan fingerprint density at radius 3 is 2.50 bits per heavy atom. The molecule has 2 aromatic carbocycles. The Morgan fingerprint density at radius 2 is 1.76 bits per heavy atom. The third kappa shape index (κ3) is 4.87. The summed E-state index contributed by atoms with van der Waals surface area (Å²) < 4.78 is 6.31. The van der Waals surface area contributed by atoms with Gasteiger partial charge < -0.3 is 25.4 Å². The highest BCUT2D eigenvalue weighted by Crippen LogP contribution is 2.40. The first kappa shape index (κ1) is 23.6. The molecule has 0 saturated heterocycles. The third-order valence-corrected chi connectivity index (χ3v) is 6.49. The van der Waals surface area contributed by atoms with Crippen LogP contribution < -0.4 is 10.6 Å². The Hall–Kier alpha value is -3.51. The van der Waals surface area contributed by atoms with Crippen molar-refractivity contribution in [3.05, 3.63) is 95.4 Å². The van der Waals surface area contributed by atoms with Crippen molar-refractivity contribution in [1.82, 2.24) is 10.2 Å². The van der Waals surface area contributed by atoms with E-state index in [1.807, 2.05) is 18.2 Å². The second-order valence-corrected chi connectivity index (χ2v) is 9.10. The average molecular weight is 464 g/mol. The van der Waals surface area contributed by atoms with Crippen molar-refractivity contribution < 1.29 is 17.5 Å². The molecule has 3 N–H and O–H groups in total. The molecule has 34 heavy (non-hydrogen) atoms. The molecular formula is C28H37N3O3. The zero-order valence-corrected chi connectivity index (χ0v) is 19.9. The van der Waals surface area contributed by atoms with Gasteiger partial charge in [0.2, 0.25) is 0 Å². The summed E-state index contributed by atoms with van der Waals surface area (Å²) in [6, 6.07) is 15.5. The molecule has 0 aromatic heterocycles. The second kappa shape index (κ2) is 10.2. The molecule has 6 heteroatoms. The maximum atomic E-state index is 12.4. The predicted octanol–water partition coefficient (Wildman–Crippen LogP) is 5.45. The van der Waals surface area contributed by atoms with Crippen molar-refractivity contribution in [2.45, 2.75) is 44.4 Å². The van der Waals surface area contributed by atoms with E-state index in [1.165, 1.54) is 4.90 Å². The molecule has 2 aliphatic rings. The number of anilines is 1. The van der Waals surface area contributed by atoms with Crippen LogP contribution in [0.4, 0.5) is 5.69 Å². The zero-order valence-electron chi connectivity index (χ0n) is 19.9. The SMILES string of the molecule is C=C1C(=C)C(N[C@@H]2CCCC[C@H]2OCc2ccccc2)=C1Nc1cccc(C(=O)N(C)C)c1O.[HH].[HH]. The van der Waals surface area contributed by atoms with Gasteiger partial charge in [0.15, 0.2) is 5.75 Å². The van der Waals surface area contributed by atoms with Gasteiger partial charge in [0.25, 0.3) is 5.91 Å². The Bertz CT molecular complexity index is 1130. The van der Waals surface area contributed by atoms with E-state index in [2.05, 4.69) is 35.9 Å². The largest absolute Gasteiger partial charge is 0.505 e. The molecule has 2 aliphatic carbocycles. The molecule has 1 saturated carbocycles. The fourth-order valence-electron chi connectivity index (χ4n) is 4.46. The normalized spacial score (nSPS) is 20.1. The number of amides is 1. The number of phenolic OH excluding ortho intramolecular Hbond substituents is 1. The fourth-order valence-corrected chi connectivity index (χ4v) is 4.46. The maximum absolute atomic E-state index is 12.4. The summed E-state index contributed by atoms with van der Waals surface area (Å²) in [7, 11) is 3.31. The van der Waals surface area contributed by atoms with E-state index in [1.54, 1.807) is 32.3 Å². The van der Waals surface area contributed by atoms with Crippen LogP contribution in [0.3, 0.4) is 0 Å². The number of phenols is 1. The molecule has 1 fully saturated rings. The van der Waals surface area contributed by atoms with Gasteiger partial charge >= 0.3 is 0 Å². The summed E-state index contributed by atoms with van der Waals surface area (Å²) >= 11 is 0. The second-order valence-electron chi connectivity index (χ2n) is 9.10. The van der Waals surface area contributed by atoms with E-state index in [4.69, 9.17) is 4.74 Å². The molecule has 2 aromatic rings. The summed E-state index contributed by atoms with van der Waals surface area (Å²) in [5, 5.41) is 17.6. The average Bonchev–Trinajstić information content (AvgIpc) is 2.86. The summed E-state index contributed by atoms with van der Waals surface area (Å²) in [6.07, 6.45) is 4.40. The van der Waals surface area contributed by atoms with Crippen molar-refractivity contribution in [3.63, 3.8) is 0 Å². The molecule has 0 bridgehead atoms. The summed E-state index contributed by atoms with van der Waals surface area (Å²) in [5.74, 6) is -0.342. The lowest BCUT2D eigenvalue weighted by Crippen LogP contribution is -2.45. The van der Waals surface area contributed by atoms with E-state index < -0.39 is 0 Å². The topological polar surface area (TPSA) is 73.8 Å². The monoisotopic (exact) mass is 463 g/mol.